The van der Waals surface area contributed by atoms with Gasteiger partial charge in [-0.05, 0) is 37.0 Å². The Labute approximate surface area is 98.1 Å². The number of nitrogens with one attached hydrogen (secondary N) is 1. The molecule has 0 radical (unpaired) electrons. The highest BCUT2D eigenvalue weighted by Gasteiger charge is 2.01. The van der Waals surface area contributed by atoms with E-state index in [9.17, 15) is 4.79 Å². The zero-order valence-electron chi connectivity index (χ0n) is 10.5. The van der Waals surface area contributed by atoms with Crippen molar-refractivity contribution in [1.29, 1.82) is 0 Å². The summed E-state index contributed by atoms with van der Waals surface area (Å²) in [6.07, 6.45) is 2.69. The van der Waals surface area contributed by atoms with Gasteiger partial charge in [0.1, 0.15) is 5.78 Å². The molecule has 0 aliphatic rings. The summed E-state index contributed by atoms with van der Waals surface area (Å²) in [4.78, 5) is 10.8. The molecule has 0 saturated heterocycles. The molecule has 16 heavy (non-hydrogen) atoms. The van der Waals surface area contributed by atoms with Gasteiger partial charge in [-0.2, -0.15) is 0 Å². The molecule has 0 atom stereocenters. The molecular formula is C14H21NO. The zero-order chi connectivity index (χ0) is 12.0. The molecular weight excluding hydrogens is 198 g/mol. The largest absolute Gasteiger partial charge is 0.384 e. The van der Waals surface area contributed by atoms with Gasteiger partial charge >= 0.3 is 0 Å². The van der Waals surface area contributed by atoms with Gasteiger partial charge in [-0.1, -0.05) is 26.0 Å². The average Bonchev–Trinajstić information content (AvgIpc) is 2.29. The lowest BCUT2D eigenvalue weighted by Gasteiger charge is -2.11. The van der Waals surface area contributed by atoms with Crippen LogP contribution in [0.3, 0.4) is 0 Å². The molecule has 1 aromatic rings. The molecule has 88 valence electrons. The molecule has 0 unspecified atom stereocenters. The van der Waals surface area contributed by atoms with Gasteiger partial charge in [0.2, 0.25) is 0 Å². The summed E-state index contributed by atoms with van der Waals surface area (Å²) < 4.78 is 0. The first-order valence-corrected chi connectivity index (χ1v) is 6.02. The molecule has 1 aromatic carbocycles. The number of Topliss-reactive ketones (excluding diaryl/α,β-unsaturated/α-hetero) is 1. The molecule has 0 bridgehead atoms. The quantitative estimate of drug-likeness (QED) is 0.796. The standard InChI is InChI=1S/C14H21NO/c1-4-12-6-7-14(13(5-2)10-12)15-9-8-11(3)16/h6-7,10,15H,4-5,8-9H2,1-3H3. The van der Waals surface area contributed by atoms with E-state index in [0.717, 1.165) is 19.4 Å². The number of ketones is 1. The fraction of sp³-hybridized carbons (Fsp3) is 0.500. The molecule has 2 nitrogen and oxygen atoms in total. The van der Waals surface area contributed by atoms with E-state index in [2.05, 4.69) is 37.4 Å². The molecule has 0 saturated carbocycles. The van der Waals surface area contributed by atoms with Crippen molar-refractivity contribution in [2.75, 3.05) is 11.9 Å². The minimum absolute atomic E-state index is 0.232. The van der Waals surface area contributed by atoms with E-state index in [1.165, 1.54) is 16.8 Å². The highest BCUT2D eigenvalue weighted by Crippen LogP contribution is 2.18. The minimum atomic E-state index is 0.232. The van der Waals surface area contributed by atoms with E-state index in [1.54, 1.807) is 6.92 Å². The lowest BCUT2D eigenvalue weighted by Crippen LogP contribution is -2.07. The number of hydrogen-bond donors (Lipinski definition) is 1. The van der Waals surface area contributed by atoms with E-state index >= 15 is 0 Å². The Hall–Kier alpha value is -1.31. The first kappa shape index (κ1) is 12.8. The SMILES string of the molecule is CCc1ccc(NCCC(C)=O)c(CC)c1. The second-order valence-electron chi connectivity index (χ2n) is 4.08. The van der Waals surface area contributed by atoms with Crippen LogP contribution >= 0.6 is 0 Å². The normalized spacial score (nSPS) is 10.2. The highest BCUT2D eigenvalue weighted by atomic mass is 16.1. The second-order valence-corrected chi connectivity index (χ2v) is 4.08. The Bertz CT molecular complexity index is 358. The molecule has 0 aliphatic heterocycles. The topological polar surface area (TPSA) is 29.1 Å². The van der Waals surface area contributed by atoms with Crippen LogP contribution in [0.5, 0.6) is 0 Å². The lowest BCUT2D eigenvalue weighted by molar-refractivity contribution is -0.116. The summed E-state index contributed by atoms with van der Waals surface area (Å²) in [6.45, 7) is 6.68. The summed E-state index contributed by atoms with van der Waals surface area (Å²) in [5, 5.41) is 3.33. The Kier molecular flexibility index (Phi) is 5.03. The molecule has 0 spiro atoms. The monoisotopic (exact) mass is 219 g/mol. The Morgan fingerprint density at radius 1 is 1.25 bits per heavy atom. The maximum atomic E-state index is 10.8. The molecule has 0 heterocycles. The van der Waals surface area contributed by atoms with Gasteiger partial charge in [-0.3, -0.25) is 4.79 Å². The number of anilines is 1. The van der Waals surface area contributed by atoms with Gasteiger partial charge in [0.25, 0.3) is 0 Å². The van der Waals surface area contributed by atoms with Crippen LogP contribution in [0, 0.1) is 0 Å². The molecule has 2 heteroatoms. The van der Waals surface area contributed by atoms with Crippen LogP contribution in [-0.4, -0.2) is 12.3 Å². The van der Waals surface area contributed by atoms with E-state index in [1.807, 2.05) is 0 Å². The van der Waals surface area contributed by atoms with Crippen molar-refractivity contribution in [2.45, 2.75) is 40.0 Å². The maximum absolute atomic E-state index is 10.8. The van der Waals surface area contributed by atoms with Crippen molar-refractivity contribution in [3.8, 4) is 0 Å². The van der Waals surface area contributed by atoms with Crippen LogP contribution in [0.2, 0.25) is 0 Å². The van der Waals surface area contributed by atoms with Crippen LogP contribution in [0.15, 0.2) is 18.2 Å². The van der Waals surface area contributed by atoms with Crippen molar-refractivity contribution in [1.82, 2.24) is 0 Å². The third-order valence-corrected chi connectivity index (χ3v) is 2.75. The Morgan fingerprint density at radius 3 is 2.56 bits per heavy atom. The highest BCUT2D eigenvalue weighted by molar-refractivity contribution is 5.76. The summed E-state index contributed by atoms with van der Waals surface area (Å²) in [5.74, 6) is 0.232. The van der Waals surface area contributed by atoms with Crippen molar-refractivity contribution < 1.29 is 4.79 Å². The molecule has 1 rings (SSSR count). The second kappa shape index (κ2) is 6.31. The van der Waals surface area contributed by atoms with E-state index in [4.69, 9.17) is 0 Å². The molecule has 0 amide bonds. The fourth-order valence-corrected chi connectivity index (χ4v) is 1.71. The molecule has 0 aromatic heterocycles. The molecule has 1 N–H and O–H groups in total. The van der Waals surface area contributed by atoms with Gasteiger partial charge in [0.05, 0.1) is 0 Å². The predicted octanol–water partition coefficient (Wildman–Crippen LogP) is 3.20. The Balaban J connectivity index is 2.68. The van der Waals surface area contributed by atoms with E-state index < -0.39 is 0 Å². The smallest absolute Gasteiger partial charge is 0.131 e. The maximum Gasteiger partial charge on any atom is 0.131 e. The van der Waals surface area contributed by atoms with Crippen LogP contribution in [0.4, 0.5) is 5.69 Å². The van der Waals surface area contributed by atoms with Crippen LogP contribution in [0.25, 0.3) is 0 Å². The van der Waals surface area contributed by atoms with Gasteiger partial charge < -0.3 is 5.32 Å². The van der Waals surface area contributed by atoms with Crippen molar-refractivity contribution in [3.63, 3.8) is 0 Å². The number of carbonyl (C=O) groups excluding carboxylic acids is 1. The van der Waals surface area contributed by atoms with E-state index in [-0.39, 0.29) is 5.78 Å². The van der Waals surface area contributed by atoms with Gasteiger partial charge in [0, 0.05) is 18.7 Å². The van der Waals surface area contributed by atoms with Crippen molar-refractivity contribution >= 4 is 11.5 Å². The molecule has 0 fully saturated rings. The van der Waals surface area contributed by atoms with Crippen molar-refractivity contribution in [2.24, 2.45) is 0 Å². The minimum Gasteiger partial charge on any atom is -0.384 e. The Morgan fingerprint density at radius 2 is 2.00 bits per heavy atom. The fourth-order valence-electron chi connectivity index (χ4n) is 1.71. The predicted molar refractivity (Wildman–Crippen MR) is 69.0 cm³/mol. The van der Waals surface area contributed by atoms with Gasteiger partial charge in [-0.15, -0.1) is 0 Å². The third-order valence-electron chi connectivity index (χ3n) is 2.75. The number of benzene rings is 1. The molecule has 0 aliphatic carbocycles. The van der Waals surface area contributed by atoms with Crippen LogP contribution in [-0.2, 0) is 17.6 Å². The summed E-state index contributed by atoms with van der Waals surface area (Å²) in [7, 11) is 0. The number of aryl methyl sites for hydroxylation is 2. The average molecular weight is 219 g/mol. The van der Waals surface area contributed by atoms with E-state index in [0.29, 0.717) is 6.42 Å². The number of carbonyl (C=O) groups is 1. The van der Waals surface area contributed by atoms with Gasteiger partial charge in [0.15, 0.2) is 0 Å². The number of rotatable bonds is 6. The van der Waals surface area contributed by atoms with Crippen molar-refractivity contribution in [3.05, 3.63) is 29.3 Å². The number of hydrogen-bond acceptors (Lipinski definition) is 2. The summed E-state index contributed by atoms with van der Waals surface area (Å²) in [5.41, 5.74) is 3.87. The summed E-state index contributed by atoms with van der Waals surface area (Å²) >= 11 is 0. The third kappa shape index (κ3) is 3.69. The van der Waals surface area contributed by atoms with Gasteiger partial charge in [-0.25, -0.2) is 0 Å². The summed E-state index contributed by atoms with van der Waals surface area (Å²) in [6, 6.07) is 6.52. The lowest BCUT2D eigenvalue weighted by atomic mass is 10.0. The first-order chi connectivity index (χ1) is 7.67. The zero-order valence-corrected chi connectivity index (χ0v) is 10.5. The van der Waals surface area contributed by atoms with Crippen LogP contribution in [0.1, 0.15) is 38.3 Å². The van der Waals surface area contributed by atoms with Crippen LogP contribution < -0.4 is 5.32 Å². The first-order valence-electron chi connectivity index (χ1n) is 6.02.